The average molecular weight is 720 g/mol. The molecule has 2 heterocycles. The number of hydrogen-bond donors (Lipinski definition) is 0. The number of anilines is 6. The third kappa shape index (κ3) is 4.69. The summed E-state index contributed by atoms with van der Waals surface area (Å²) in [6, 6.07) is 66.7. The maximum atomic E-state index is 13.7. The molecule has 4 heteroatoms. The van der Waals surface area contributed by atoms with Gasteiger partial charge < -0.3 is 14.4 Å². The van der Waals surface area contributed by atoms with Crippen molar-refractivity contribution in [2.24, 2.45) is 0 Å². The fraction of sp³-hybridized carbons (Fsp3) is 0.0577. The highest BCUT2D eigenvalue weighted by atomic mass is 16.1. The lowest BCUT2D eigenvalue weighted by Gasteiger charge is -2.40. The van der Waals surface area contributed by atoms with Crippen LogP contribution in [-0.2, 0) is 5.41 Å². The number of para-hydroxylation sites is 6. The number of carbonyl (C=O) groups excluding carboxylic acids is 1. The van der Waals surface area contributed by atoms with E-state index in [1.54, 1.807) is 0 Å². The standard InChI is InChI=1S/C52H37N3O/c1-52(2)43-18-8-6-17-40(43)51(56)42-32-35(26-30-44(42)52)34-24-27-37(28-25-34)53-45-19-9-7-16-39(45)41-33-38(29-31-46(41)53)55-49-22-12-10-20-47(49)54(36-14-4-3-5-15-36)48-21-11-13-23-50(48)55/h3-33H,1-2H3. The molecule has 0 atom stereocenters. The fourth-order valence-electron chi connectivity index (χ4n) is 9.23. The van der Waals surface area contributed by atoms with Gasteiger partial charge in [0.05, 0.1) is 33.8 Å². The lowest BCUT2D eigenvalue weighted by Crippen LogP contribution is -2.30. The second kappa shape index (κ2) is 12.2. The highest BCUT2D eigenvalue weighted by molar-refractivity contribution is 6.14. The van der Waals surface area contributed by atoms with Crippen LogP contribution in [0, 0.1) is 0 Å². The second-order valence-corrected chi connectivity index (χ2v) is 15.3. The number of aromatic nitrogens is 1. The first-order valence-electron chi connectivity index (χ1n) is 19.2. The first kappa shape index (κ1) is 32.3. The minimum atomic E-state index is -0.248. The quantitative estimate of drug-likeness (QED) is 0.181. The van der Waals surface area contributed by atoms with Crippen molar-refractivity contribution in [2.75, 3.05) is 9.80 Å². The Labute approximate surface area is 326 Å². The molecule has 0 unspecified atom stereocenters. The van der Waals surface area contributed by atoms with Crippen molar-refractivity contribution in [1.82, 2.24) is 4.57 Å². The molecule has 2 aliphatic rings. The molecule has 11 rings (SSSR count). The van der Waals surface area contributed by atoms with Gasteiger partial charge in [-0.05, 0) is 101 Å². The third-order valence-electron chi connectivity index (χ3n) is 11.9. The van der Waals surface area contributed by atoms with Crippen molar-refractivity contribution in [3.05, 3.63) is 210 Å². The van der Waals surface area contributed by atoms with Gasteiger partial charge in [0.25, 0.3) is 0 Å². The summed E-state index contributed by atoms with van der Waals surface area (Å²) in [6.07, 6.45) is 0. The third-order valence-corrected chi connectivity index (χ3v) is 11.9. The molecule has 266 valence electrons. The topological polar surface area (TPSA) is 28.5 Å². The zero-order valence-electron chi connectivity index (χ0n) is 31.1. The summed E-state index contributed by atoms with van der Waals surface area (Å²) in [6.45, 7) is 4.42. The molecule has 1 aliphatic heterocycles. The van der Waals surface area contributed by atoms with Crippen LogP contribution in [-0.4, -0.2) is 10.4 Å². The van der Waals surface area contributed by atoms with E-state index in [0.717, 1.165) is 84.2 Å². The monoisotopic (exact) mass is 719 g/mol. The zero-order chi connectivity index (χ0) is 37.5. The number of hydrogen-bond acceptors (Lipinski definition) is 3. The van der Waals surface area contributed by atoms with Crippen LogP contribution < -0.4 is 9.80 Å². The van der Waals surface area contributed by atoms with E-state index in [4.69, 9.17) is 0 Å². The molecule has 1 aromatic heterocycles. The van der Waals surface area contributed by atoms with Gasteiger partial charge in [-0.25, -0.2) is 0 Å². The SMILES string of the molecule is CC1(C)c2ccccc2C(=O)c2cc(-c3ccc(-n4c5ccccc5c5cc(N6c7ccccc7N(c7ccccc7)c7ccccc76)ccc54)cc3)ccc21. The molecule has 0 saturated heterocycles. The lowest BCUT2D eigenvalue weighted by atomic mass is 9.68. The summed E-state index contributed by atoms with van der Waals surface area (Å²) >= 11 is 0. The van der Waals surface area contributed by atoms with Gasteiger partial charge in [0.2, 0.25) is 0 Å². The van der Waals surface area contributed by atoms with Crippen LogP contribution in [0.3, 0.4) is 0 Å². The Morgan fingerprint density at radius 1 is 0.393 bits per heavy atom. The maximum absolute atomic E-state index is 13.7. The van der Waals surface area contributed by atoms with E-state index < -0.39 is 0 Å². The molecular weight excluding hydrogens is 683 g/mol. The molecule has 56 heavy (non-hydrogen) atoms. The highest BCUT2D eigenvalue weighted by Gasteiger charge is 2.36. The van der Waals surface area contributed by atoms with Crippen LogP contribution in [0.25, 0.3) is 38.6 Å². The Morgan fingerprint density at radius 3 is 1.64 bits per heavy atom. The lowest BCUT2D eigenvalue weighted by molar-refractivity contribution is 0.103. The van der Waals surface area contributed by atoms with Crippen molar-refractivity contribution in [3.8, 4) is 16.8 Å². The number of fused-ring (bicyclic) bond motifs is 7. The zero-order valence-corrected chi connectivity index (χ0v) is 31.1. The van der Waals surface area contributed by atoms with Crippen molar-refractivity contribution in [3.63, 3.8) is 0 Å². The summed E-state index contributed by atoms with van der Waals surface area (Å²) in [5.74, 6) is 0.100. The predicted octanol–water partition coefficient (Wildman–Crippen LogP) is 13.6. The van der Waals surface area contributed by atoms with Crippen LogP contribution in [0.2, 0.25) is 0 Å². The molecule has 9 aromatic rings. The van der Waals surface area contributed by atoms with Gasteiger partial charge in [-0.15, -0.1) is 0 Å². The van der Waals surface area contributed by atoms with E-state index in [-0.39, 0.29) is 11.2 Å². The molecule has 0 bridgehead atoms. The average Bonchev–Trinajstić information content (AvgIpc) is 3.58. The molecule has 0 spiro atoms. The van der Waals surface area contributed by atoms with E-state index >= 15 is 0 Å². The number of benzene rings is 8. The Kier molecular flexibility index (Phi) is 7.02. The second-order valence-electron chi connectivity index (χ2n) is 15.3. The molecule has 0 saturated carbocycles. The summed E-state index contributed by atoms with van der Waals surface area (Å²) in [5, 5.41) is 2.40. The first-order chi connectivity index (χ1) is 27.5. The van der Waals surface area contributed by atoms with Crippen molar-refractivity contribution >= 4 is 61.7 Å². The van der Waals surface area contributed by atoms with E-state index in [2.05, 4.69) is 198 Å². The Bertz CT molecular complexity index is 2980. The molecule has 1 aliphatic carbocycles. The first-order valence-corrected chi connectivity index (χ1v) is 19.2. The van der Waals surface area contributed by atoms with Crippen molar-refractivity contribution in [1.29, 1.82) is 0 Å². The molecule has 0 N–H and O–H groups in total. The van der Waals surface area contributed by atoms with Crippen molar-refractivity contribution in [2.45, 2.75) is 19.3 Å². The van der Waals surface area contributed by atoms with Crippen LogP contribution in [0.15, 0.2) is 188 Å². The number of carbonyl (C=O) groups is 1. The molecule has 0 radical (unpaired) electrons. The molecule has 0 fully saturated rings. The van der Waals surface area contributed by atoms with Gasteiger partial charge in [0, 0.05) is 44.4 Å². The highest BCUT2D eigenvalue weighted by Crippen LogP contribution is 2.54. The van der Waals surface area contributed by atoms with E-state index in [1.165, 1.54) is 10.8 Å². The molecule has 8 aromatic carbocycles. The fourth-order valence-corrected chi connectivity index (χ4v) is 9.23. The molecule has 4 nitrogen and oxygen atoms in total. The number of rotatable bonds is 4. The van der Waals surface area contributed by atoms with E-state index in [9.17, 15) is 4.79 Å². The largest absolute Gasteiger partial charge is 0.309 e. The van der Waals surface area contributed by atoms with Crippen LogP contribution >= 0.6 is 0 Å². The Balaban J connectivity index is 1.01. The van der Waals surface area contributed by atoms with Crippen LogP contribution in [0.1, 0.15) is 40.9 Å². The minimum absolute atomic E-state index is 0.100. The Hall–Kier alpha value is -7.17. The number of ketones is 1. The van der Waals surface area contributed by atoms with Crippen LogP contribution in [0.5, 0.6) is 0 Å². The number of nitrogens with zero attached hydrogens (tertiary/aromatic N) is 3. The predicted molar refractivity (Wildman–Crippen MR) is 231 cm³/mol. The van der Waals surface area contributed by atoms with Gasteiger partial charge in [-0.3, -0.25) is 4.79 Å². The van der Waals surface area contributed by atoms with Gasteiger partial charge in [0.15, 0.2) is 5.78 Å². The molecule has 0 amide bonds. The molecular formula is C52H37N3O. The van der Waals surface area contributed by atoms with Crippen LogP contribution in [0.4, 0.5) is 34.1 Å². The van der Waals surface area contributed by atoms with Gasteiger partial charge in [-0.2, -0.15) is 0 Å². The van der Waals surface area contributed by atoms with E-state index in [0.29, 0.717) is 0 Å². The Morgan fingerprint density at radius 2 is 0.929 bits per heavy atom. The van der Waals surface area contributed by atoms with Gasteiger partial charge in [0.1, 0.15) is 0 Å². The van der Waals surface area contributed by atoms with E-state index in [1.807, 2.05) is 18.2 Å². The van der Waals surface area contributed by atoms with Gasteiger partial charge in [-0.1, -0.05) is 123 Å². The summed E-state index contributed by atoms with van der Waals surface area (Å²) in [5.41, 5.74) is 15.8. The summed E-state index contributed by atoms with van der Waals surface area (Å²) in [7, 11) is 0. The minimum Gasteiger partial charge on any atom is -0.309 e. The summed E-state index contributed by atoms with van der Waals surface area (Å²) in [4.78, 5) is 18.5. The normalized spacial score (nSPS) is 14.0. The maximum Gasteiger partial charge on any atom is 0.193 e. The summed E-state index contributed by atoms with van der Waals surface area (Å²) < 4.78 is 2.36. The smallest absolute Gasteiger partial charge is 0.193 e. The van der Waals surface area contributed by atoms with Crippen molar-refractivity contribution < 1.29 is 4.79 Å². The van der Waals surface area contributed by atoms with Gasteiger partial charge >= 0.3 is 0 Å².